The molecule has 17 heavy (non-hydrogen) atoms. The second-order valence-corrected chi connectivity index (χ2v) is 4.37. The molecule has 1 aromatic rings. The van der Waals surface area contributed by atoms with Gasteiger partial charge in [0.05, 0.1) is 12.3 Å². The van der Waals surface area contributed by atoms with Gasteiger partial charge in [-0.2, -0.15) is 5.10 Å². The molecular weight excluding hydrogens is 214 g/mol. The van der Waals surface area contributed by atoms with E-state index < -0.39 is 0 Å². The van der Waals surface area contributed by atoms with Gasteiger partial charge < -0.3 is 10.1 Å². The quantitative estimate of drug-likeness (QED) is 0.669. The van der Waals surface area contributed by atoms with Gasteiger partial charge in [0.15, 0.2) is 0 Å². The maximum Gasteiger partial charge on any atom is 0.0596 e. The van der Waals surface area contributed by atoms with Crippen molar-refractivity contribution in [3.63, 3.8) is 0 Å². The molecule has 0 spiro atoms. The van der Waals surface area contributed by atoms with Crippen LogP contribution < -0.4 is 5.32 Å². The van der Waals surface area contributed by atoms with E-state index in [1.807, 2.05) is 6.92 Å². The van der Waals surface area contributed by atoms with Crippen LogP contribution in [0.1, 0.15) is 31.2 Å². The summed E-state index contributed by atoms with van der Waals surface area (Å²) >= 11 is 0. The van der Waals surface area contributed by atoms with Crippen molar-refractivity contribution in [2.45, 2.75) is 40.2 Å². The summed E-state index contributed by atoms with van der Waals surface area (Å²) < 4.78 is 7.46. The van der Waals surface area contributed by atoms with Gasteiger partial charge in [0.2, 0.25) is 0 Å². The number of rotatable bonds is 9. The Balaban J connectivity index is 1.99. The van der Waals surface area contributed by atoms with E-state index in [2.05, 4.69) is 35.0 Å². The fourth-order valence-electron chi connectivity index (χ4n) is 1.77. The lowest BCUT2D eigenvalue weighted by atomic mass is 10.4. The van der Waals surface area contributed by atoms with Crippen LogP contribution in [0.3, 0.4) is 0 Å². The molecule has 0 aromatic carbocycles. The van der Waals surface area contributed by atoms with Crippen molar-refractivity contribution in [3.05, 3.63) is 17.5 Å². The Morgan fingerprint density at radius 1 is 1.29 bits per heavy atom. The van der Waals surface area contributed by atoms with E-state index in [1.165, 1.54) is 5.69 Å². The minimum Gasteiger partial charge on any atom is -0.380 e. The second-order valence-electron chi connectivity index (χ2n) is 4.37. The number of nitrogens with one attached hydrogen (secondary N) is 1. The van der Waals surface area contributed by atoms with E-state index in [0.29, 0.717) is 0 Å². The van der Waals surface area contributed by atoms with Gasteiger partial charge in [0.1, 0.15) is 0 Å². The molecule has 1 N–H and O–H groups in total. The lowest BCUT2D eigenvalue weighted by Gasteiger charge is -2.06. The molecule has 0 aliphatic heterocycles. The molecule has 4 heteroatoms. The average Bonchev–Trinajstić information content (AvgIpc) is 2.61. The summed E-state index contributed by atoms with van der Waals surface area (Å²) in [5, 5.41) is 7.81. The molecule has 98 valence electrons. The van der Waals surface area contributed by atoms with Crippen molar-refractivity contribution < 1.29 is 4.74 Å². The van der Waals surface area contributed by atoms with Crippen molar-refractivity contribution >= 4 is 0 Å². The summed E-state index contributed by atoms with van der Waals surface area (Å²) in [6, 6.07) is 2.12. The highest BCUT2D eigenvalue weighted by molar-refractivity contribution is 5.06. The first-order valence-electron chi connectivity index (χ1n) is 6.53. The Kier molecular flexibility index (Phi) is 6.89. The number of nitrogens with zero attached hydrogens (tertiary/aromatic N) is 2. The van der Waals surface area contributed by atoms with E-state index in [0.717, 1.165) is 51.4 Å². The number of aromatic nitrogens is 2. The number of hydrogen-bond donors (Lipinski definition) is 1. The Hall–Kier alpha value is -0.870. The third-order valence-corrected chi connectivity index (χ3v) is 2.60. The first-order valence-corrected chi connectivity index (χ1v) is 6.53. The molecule has 4 nitrogen and oxygen atoms in total. The predicted molar refractivity (Wildman–Crippen MR) is 70.3 cm³/mol. The molecule has 0 bridgehead atoms. The number of hydrogen-bond acceptors (Lipinski definition) is 3. The largest absolute Gasteiger partial charge is 0.380 e. The third-order valence-electron chi connectivity index (χ3n) is 2.60. The highest BCUT2D eigenvalue weighted by Crippen LogP contribution is 2.01. The summed E-state index contributed by atoms with van der Waals surface area (Å²) in [7, 11) is 0. The van der Waals surface area contributed by atoms with Gasteiger partial charge in [-0.05, 0) is 39.3 Å². The van der Waals surface area contributed by atoms with Crippen LogP contribution in [0.25, 0.3) is 0 Å². The van der Waals surface area contributed by atoms with Crippen molar-refractivity contribution in [1.29, 1.82) is 0 Å². The van der Waals surface area contributed by atoms with Gasteiger partial charge in [-0.25, -0.2) is 0 Å². The smallest absolute Gasteiger partial charge is 0.0596 e. The first-order chi connectivity index (χ1) is 8.24. The molecule has 0 aliphatic rings. The summed E-state index contributed by atoms with van der Waals surface area (Å²) in [5.74, 6) is 0. The maximum atomic E-state index is 5.39. The van der Waals surface area contributed by atoms with Crippen molar-refractivity contribution in [3.8, 4) is 0 Å². The molecular formula is C13H25N3O. The number of ether oxygens (including phenoxy) is 1. The molecule has 0 aliphatic carbocycles. The molecule has 0 amide bonds. The van der Waals surface area contributed by atoms with Crippen LogP contribution in [0.15, 0.2) is 6.07 Å². The third kappa shape index (κ3) is 5.84. The molecule has 0 saturated carbocycles. The van der Waals surface area contributed by atoms with Crippen LogP contribution in [0, 0.1) is 13.8 Å². The highest BCUT2D eigenvalue weighted by Gasteiger charge is 1.99. The van der Waals surface area contributed by atoms with Crippen LogP contribution in [-0.2, 0) is 11.3 Å². The van der Waals surface area contributed by atoms with Gasteiger partial charge in [-0.3, -0.25) is 4.68 Å². The molecule has 0 atom stereocenters. The van der Waals surface area contributed by atoms with E-state index in [9.17, 15) is 0 Å². The van der Waals surface area contributed by atoms with E-state index in [-0.39, 0.29) is 0 Å². The van der Waals surface area contributed by atoms with Crippen LogP contribution in [-0.4, -0.2) is 36.1 Å². The standard InChI is InChI=1S/C13H25N3O/c1-4-9-17-10-7-14-6-5-8-16-13(3)11-12(2)15-16/h11,14H,4-10H2,1-3H3. The summed E-state index contributed by atoms with van der Waals surface area (Å²) in [6.07, 6.45) is 2.20. The highest BCUT2D eigenvalue weighted by atomic mass is 16.5. The number of aryl methyl sites for hydroxylation is 3. The Morgan fingerprint density at radius 2 is 2.12 bits per heavy atom. The van der Waals surface area contributed by atoms with Gasteiger partial charge in [-0.15, -0.1) is 0 Å². The monoisotopic (exact) mass is 239 g/mol. The zero-order valence-electron chi connectivity index (χ0n) is 11.3. The zero-order valence-corrected chi connectivity index (χ0v) is 11.3. The molecule has 0 saturated heterocycles. The summed E-state index contributed by atoms with van der Waals surface area (Å²) in [6.45, 7) is 10.9. The lowest BCUT2D eigenvalue weighted by Crippen LogP contribution is -2.22. The molecule has 1 heterocycles. The first kappa shape index (κ1) is 14.2. The Labute approximate surface area is 104 Å². The van der Waals surface area contributed by atoms with Crippen LogP contribution in [0.5, 0.6) is 0 Å². The van der Waals surface area contributed by atoms with Crippen LogP contribution in [0.2, 0.25) is 0 Å². The topological polar surface area (TPSA) is 39.1 Å². The van der Waals surface area contributed by atoms with Crippen molar-refractivity contribution in [2.75, 3.05) is 26.3 Å². The Bertz CT molecular complexity index is 310. The lowest BCUT2D eigenvalue weighted by molar-refractivity contribution is 0.136. The maximum absolute atomic E-state index is 5.39. The van der Waals surface area contributed by atoms with Crippen LogP contribution >= 0.6 is 0 Å². The molecule has 1 aromatic heterocycles. The predicted octanol–water partition coefficient (Wildman–Crippen LogP) is 1.91. The molecule has 0 radical (unpaired) electrons. The fraction of sp³-hybridized carbons (Fsp3) is 0.769. The van der Waals surface area contributed by atoms with Gasteiger partial charge in [0.25, 0.3) is 0 Å². The SMILES string of the molecule is CCCOCCNCCCn1nc(C)cc1C. The van der Waals surface area contributed by atoms with Gasteiger partial charge in [0, 0.05) is 25.4 Å². The fourth-order valence-corrected chi connectivity index (χ4v) is 1.77. The molecule has 0 fully saturated rings. The minimum absolute atomic E-state index is 0.813. The van der Waals surface area contributed by atoms with Crippen LogP contribution in [0.4, 0.5) is 0 Å². The molecule has 0 unspecified atom stereocenters. The van der Waals surface area contributed by atoms with Gasteiger partial charge in [-0.1, -0.05) is 6.92 Å². The van der Waals surface area contributed by atoms with E-state index >= 15 is 0 Å². The van der Waals surface area contributed by atoms with Crippen molar-refractivity contribution in [1.82, 2.24) is 15.1 Å². The van der Waals surface area contributed by atoms with Gasteiger partial charge >= 0.3 is 0 Å². The normalized spacial score (nSPS) is 11.0. The summed E-state index contributed by atoms with van der Waals surface area (Å²) in [4.78, 5) is 0. The summed E-state index contributed by atoms with van der Waals surface area (Å²) in [5.41, 5.74) is 2.34. The van der Waals surface area contributed by atoms with E-state index in [1.54, 1.807) is 0 Å². The van der Waals surface area contributed by atoms with E-state index in [4.69, 9.17) is 4.74 Å². The van der Waals surface area contributed by atoms with Crippen molar-refractivity contribution in [2.24, 2.45) is 0 Å². The molecule has 1 rings (SSSR count). The zero-order chi connectivity index (χ0) is 12.5. The Morgan fingerprint density at radius 3 is 2.76 bits per heavy atom. The second kappa shape index (κ2) is 8.25. The minimum atomic E-state index is 0.813. The average molecular weight is 239 g/mol.